The summed E-state index contributed by atoms with van der Waals surface area (Å²) in [6.45, 7) is 6.03. The molecule has 0 aliphatic carbocycles. The van der Waals surface area contributed by atoms with Crippen LogP contribution in [0.25, 0.3) is 0 Å². The van der Waals surface area contributed by atoms with Crippen molar-refractivity contribution in [1.82, 2.24) is 15.2 Å². The highest BCUT2D eigenvalue weighted by Gasteiger charge is 2.21. The van der Waals surface area contributed by atoms with E-state index in [0.717, 1.165) is 10.6 Å². The predicted molar refractivity (Wildman–Crippen MR) is 81.3 cm³/mol. The second-order valence-corrected chi connectivity index (χ2v) is 6.32. The number of H-pyrrole nitrogens is 1. The number of amides is 1. The second-order valence-electron chi connectivity index (χ2n) is 5.44. The van der Waals surface area contributed by atoms with Crippen molar-refractivity contribution in [1.29, 1.82) is 0 Å². The maximum Gasteiger partial charge on any atom is 0.295 e. The molecule has 0 unspecified atom stereocenters. The lowest BCUT2D eigenvalue weighted by molar-refractivity contribution is 0.101. The maximum absolute atomic E-state index is 12.1. The Morgan fingerprint density at radius 3 is 2.70 bits per heavy atom. The maximum atomic E-state index is 12.1. The molecule has 0 atom stereocenters. The molecule has 106 valence electrons. The molecule has 0 aliphatic heterocycles. The van der Waals surface area contributed by atoms with Crippen LogP contribution in [-0.4, -0.2) is 27.3 Å². The minimum atomic E-state index is -0.310. The zero-order chi connectivity index (χ0) is 14.8. The number of carbonyl (C=O) groups is 1. The van der Waals surface area contributed by atoms with Crippen LogP contribution in [0.3, 0.4) is 0 Å². The van der Waals surface area contributed by atoms with Gasteiger partial charge in [0.1, 0.15) is 5.82 Å². The van der Waals surface area contributed by atoms with E-state index in [2.05, 4.69) is 20.5 Å². The SMILES string of the molecule is CSc1cccc(NC(=O)c2n[nH]c(C(C)(C)C)n2)c1. The molecule has 2 rings (SSSR count). The molecule has 20 heavy (non-hydrogen) atoms. The summed E-state index contributed by atoms with van der Waals surface area (Å²) in [6, 6.07) is 7.65. The molecule has 0 radical (unpaired) electrons. The first-order chi connectivity index (χ1) is 9.40. The van der Waals surface area contributed by atoms with Crippen LogP contribution in [0.15, 0.2) is 29.2 Å². The van der Waals surface area contributed by atoms with E-state index >= 15 is 0 Å². The van der Waals surface area contributed by atoms with E-state index in [0.29, 0.717) is 5.82 Å². The van der Waals surface area contributed by atoms with E-state index in [1.807, 2.05) is 51.3 Å². The van der Waals surface area contributed by atoms with Crippen molar-refractivity contribution in [3.63, 3.8) is 0 Å². The van der Waals surface area contributed by atoms with Crippen LogP contribution in [0, 0.1) is 0 Å². The number of nitrogens with zero attached hydrogens (tertiary/aromatic N) is 2. The normalized spacial score (nSPS) is 11.4. The van der Waals surface area contributed by atoms with Gasteiger partial charge in [-0.1, -0.05) is 26.8 Å². The molecule has 0 saturated heterocycles. The summed E-state index contributed by atoms with van der Waals surface area (Å²) in [4.78, 5) is 17.4. The highest BCUT2D eigenvalue weighted by atomic mass is 32.2. The average Bonchev–Trinajstić information content (AvgIpc) is 2.88. The fraction of sp³-hybridized carbons (Fsp3) is 0.357. The summed E-state index contributed by atoms with van der Waals surface area (Å²) in [5.74, 6) is 0.542. The monoisotopic (exact) mass is 290 g/mol. The molecule has 0 saturated carbocycles. The van der Waals surface area contributed by atoms with Gasteiger partial charge in [-0.25, -0.2) is 4.98 Å². The summed E-state index contributed by atoms with van der Waals surface area (Å²) in [6.07, 6.45) is 1.99. The molecule has 0 spiro atoms. The fourth-order valence-electron chi connectivity index (χ4n) is 1.59. The van der Waals surface area contributed by atoms with Crippen LogP contribution >= 0.6 is 11.8 Å². The van der Waals surface area contributed by atoms with Gasteiger partial charge in [0.15, 0.2) is 0 Å². The van der Waals surface area contributed by atoms with Crippen molar-refractivity contribution in [3.8, 4) is 0 Å². The Labute approximate surface area is 122 Å². The molecule has 0 fully saturated rings. The summed E-state index contributed by atoms with van der Waals surface area (Å²) < 4.78 is 0. The summed E-state index contributed by atoms with van der Waals surface area (Å²) in [5, 5.41) is 9.58. The van der Waals surface area contributed by atoms with Gasteiger partial charge in [-0.3, -0.25) is 9.89 Å². The Balaban J connectivity index is 2.13. The van der Waals surface area contributed by atoms with Gasteiger partial charge in [0.25, 0.3) is 5.91 Å². The van der Waals surface area contributed by atoms with Gasteiger partial charge in [-0.2, -0.15) is 0 Å². The number of hydrogen-bond acceptors (Lipinski definition) is 4. The third-order valence-corrected chi connectivity index (χ3v) is 3.45. The van der Waals surface area contributed by atoms with Crippen LogP contribution in [-0.2, 0) is 5.41 Å². The second kappa shape index (κ2) is 5.66. The predicted octanol–water partition coefficient (Wildman–Crippen LogP) is 3.08. The lowest BCUT2D eigenvalue weighted by atomic mass is 9.96. The Hall–Kier alpha value is -1.82. The minimum absolute atomic E-state index is 0.157. The largest absolute Gasteiger partial charge is 0.319 e. The molecule has 0 bridgehead atoms. The van der Waals surface area contributed by atoms with Crippen LogP contribution in [0.4, 0.5) is 5.69 Å². The fourth-order valence-corrected chi connectivity index (χ4v) is 2.05. The van der Waals surface area contributed by atoms with Crippen molar-refractivity contribution in [2.75, 3.05) is 11.6 Å². The van der Waals surface area contributed by atoms with Crippen LogP contribution in [0.2, 0.25) is 0 Å². The minimum Gasteiger partial charge on any atom is -0.319 e. The average molecular weight is 290 g/mol. The molecule has 6 heteroatoms. The van der Waals surface area contributed by atoms with E-state index in [-0.39, 0.29) is 17.1 Å². The molecule has 5 nitrogen and oxygen atoms in total. The van der Waals surface area contributed by atoms with Gasteiger partial charge >= 0.3 is 0 Å². The quantitative estimate of drug-likeness (QED) is 0.852. The number of hydrogen-bond donors (Lipinski definition) is 2. The number of benzene rings is 1. The molecule has 2 N–H and O–H groups in total. The zero-order valence-electron chi connectivity index (χ0n) is 12.0. The molecular weight excluding hydrogens is 272 g/mol. The number of aromatic nitrogens is 3. The Kier molecular flexibility index (Phi) is 4.13. The standard InChI is InChI=1S/C14H18N4OS/c1-14(2,3)13-16-11(17-18-13)12(19)15-9-6-5-7-10(8-9)20-4/h5-8H,1-4H3,(H,15,19)(H,16,17,18). The Morgan fingerprint density at radius 2 is 2.10 bits per heavy atom. The molecule has 1 aromatic heterocycles. The van der Waals surface area contributed by atoms with Gasteiger partial charge in [-0.05, 0) is 24.5 Å². The van der Waals surface area contributed by atoms with E-state index in [4.69, 9.17) is 0 Å². The molecular formula is C14H18N4OS. The lowest BCUT2D eigenvalue weighted by Gasteiger charge is -2.12. The van der Waals surface area contributed by atoms with E-state index in [9.17, 15) is 4.79 Å². The highest BCUT2D eigenvalue weighted by molar-refractivity contribution is 7.98. The van der Waals surface area contributed by atoms with Gasteiger partial charge in [-0.15, -0.1) is 16.9 Å². The molecule has 2 aromatic rings. The van der Waals surface area contributed by atoms with Crippen LogP contribution in [0.5, 0.6) is 0 Å². The number of nitrogens with one attached hydrogen (secondary N) is 2. The number of carbonyl (C=O) groups excluding carboxylic acids is 1. The van der Waals surface area contributed by atoms with Crippen molar-refractivity contribution in [2.45, 2.75) is 31.1 Å². The van der Waals surface area contributed by atoms with Gasteiger partial charge in [0.2, 0.25) is 5.82 Å². The van der Waals surface area contributed by atoms with E-state index in [1.54, 1.807) is 11.8 Å². The zero-order valence-corrected chi connectivity index (χ0v) is 12.8. The number of anilines is 1. The van der Waals surface area contributed by atoms with E-state index < -0.39 is 0 Å². The number of rotatable bonds is 3. The van der Waals surface area contributed by atoms with Gasteiger partial charge < -0.3 is 5.32 Å². The third-order valence-electron chi connectivity index (χ3n) is 2.73. The van der Waals surface area contributed by atoms with Gasteiger partial charge in [0, 0.05) is 16.0 Å². The van der Waals surface area contributed by atoms with Crippen molar-refractivity contribution < 1.29 is 4.79 Å². The summed E-state index contributed by atoms with van der Waals surface area (Å²) in [7, 11) is 0. The van der Waals surface area contributed by atoms with Crippen LogP contribution < -0.4 is 5.32 Å². The van der Waals surface area contributed by atoms with Crippen molar-refractivity contribution in [3.05, 3.63) is 35.9 Å². The summed E-state index contributed by atoms with van der Waals surface area (Å²) in [5.41, 5.74) is 0.577. The third kappa shape index (κ3) is 3.39. The Morgan fingerprint density at radius 1 is 1.35 bits per heavy atom. The van der Waals surface area contributed by atoms with Crippen molar-refractivity contribution >= 4 is 23.4 Å². The van der Waals surface area contributed by atoms with Crippen LogP contribution in [0.1, 0.15) is 37.2 Å². The highest BCUT2D eigenvalue weighted by Crippen LogP contribution is 2.20. The Bertz CT molecular complexity index is 616. The number of aromatic amines is 1. The first-order valence-electron chi connectivity index (χ1n) is 6.28. The van der Waals surface area contributed by atoms with Gasteiger partial charge in [0.05, 0.1) is 0 Å². The first-order valence-corrected chi connectivity index (χ1v) is 7.51. The number of thioether (sulfide) groups is 1. The summed E-state index contributed by atoms with van der Waals surface area (Å²) >= 11 is 1.62. The topological polar surface area (TPSA) is 70.7 Å². The molecule has 1 amide bonds. The lowest BCUT2D eigenvalue weighted by Crippen LogP contribution is -2.16. The van der Waals surface area contributed by atoms with Crippen molar-refractivity contribution in [2.24, 2.45) is 0 Å². The molecule has 1 aromatic carbocycles. The molecule has 0 aliphatic rings. The van der Waals surface area contributed by atoms with E-state index in [1.165, 1.54) is 0 Å². The molecule has 1 heterocycles. The smallest absolute Gasteiger partial charge is 0.295 e. The first kappa shape index (κ1) is 14.6.